The summed E-state index contributed by atoms with van der Waals surface area (Å²) in [6.45, 7) is 0. The van der Waals surface area contributed by atoms with Crippen molar-refractivity contribution < 1.29 is 19.1 Å². The molecule has 0 atom stereocenters. The number of Topliss-reactive ketones (excluding diaryl/α,β-unsaturated/α-hetero) is 2. The minimum Gasteiger partial charge on any atom is -0.463 e. The van der Waals surface area contributed by atoms with E-state index >= 15 is 0 Å². The third kappa shape index (κ3) is 3.08. The number of carbonyl (C=O) groups is 3. The Bertz CT molecular complexity index is 531. The molecule has 0 aliphatic heterocycles. The molecule has 0 aromatic heterocycles. The Balaban J connectivity index is 2.11. The molecule has 1 aliphatic carbocycles. The first-order chi connectivity index (χ1) is 9.11. The molecule has 0 spiro atoms. The highest BCUT2D eigenvalue weighted by molar-refractivity contribution is 6.38. The predicted molar refractivity (Wildman–Crippen MR) is 69.1 cm³/mol. The van der Waals surface area contributed by atoms with E-state index in [0.29, 0.717) is 5.56 Å². The van der Waals surface area contributed by atoms with Crippen LogP contribution in [-0.4, -0.2) is 24.6 Å². The third-order valence-electron chi connectivity index (χ3n) is 3.40. The molecule has 100 valence electrons. The quantitative estimate of drug-likeness (QED) is 0.359. The Labute approximate surface area is 111 Å². The highest BCUT2D eigenvalue weighted by Crippen LogP contribution is 2.22. The van der Waals surface area contributed by atoms with Crippen molar-refractivity contribution in [1.29, 1.82) is 0 Å². The zero-order valence-electron chi connectivity index (χ0n) is 10.9. The maximum Gasteiger partial charge on any atom is 0.374 e. The molecule has 0 heterocycles. The van der Waals surface area contributed by atoms with Gasteiger partial charge in [0.2, 0.25) is 5.78 Å². The summed E-state index contributed by atoms with van der Waals surface area (Å²) in [6.07, 6.45) is 3.91. The van der Waals surface area contributed by atoms with Gasteiger partial charge in [0.05, 0.1) is 13.5 Å². The first kappa shape index (κ1) is 13.5. The van der Waals surface area contributed by atoms with Crippen molar-refractivity contribution in [1.82, 2.24) is 0 Å². The van der Waals surface area contributed by atoms with E-state index in [-0.39, 0.29) is 5.78 Å². The molecule has 1 aromatic rings. The van der Waals surface area contributed by atoms with Crippen LogP contribution in [0, 0.1) is 0 Å². The highest BCUT2D eigenvalue weighted by atomic mass is 16.5. The number of benzene rings is 1. The zero-order chi connectivity index (χ0) is 13.8. The number of hydrogen-bond donors (Lipinski definition) is 0. The summed E-state index contributed by atoms with van der Waals surface area (Å²) in [5.74, 6) is -2.10. The fourth-order valence-corrected chi connectivity index (χ4v) is 2.34. The van der Waals surface area contributed by atoms with Gasteiger partial charge < -0.3 is 4.74 Å². The molecule has 0 radical (unpaired) electrons. The number of carbonyl (C=O) groups excluding carboxylic acids is 3. The van der Waals surface area contributed by atoms with Crippen molar-refractivity contribution in [3.05, 3.63) is 34.9 Å². The summed E-state index contributed by atoms with van der Waals surface area (Å²) in [7, 11) is 1.13. The average Bonchev–Trinajstić information content (AvgIpc) is 2.45. The maximum absolute atomic E-state index is 11.9. The van der Waals surface area contributed by atoms with Gasteiger partial charge in [0, 0.05) is 5.56 Å². The topological polar surface area (TPSA) is 60.4 Å². The highest BCUT2D eigenvalue weighted by Gasteiger charge is 2.20. The van der Waals surface area contributed by atoms with Gasteiger partial charge in [-0.3, -0.25) is 9.59 Å². The number of esters is 1. The molecular formula is C15H16O4. The van der Waals surface area contributed by atoms with Gasteiger partial charge >= 0.3 is 5.97 Å². The first-order valence-electron chi connectivity index (χ1n) is 6.38. The lowest BCUT2D eigenvalue weighted by Gasteiger charge is -2.16. The van der Waals surface area contributed by atoms with E-state index in [1.165, 1.54) is 17.5 Å². The second-order valence-corrected chi connectivity index (χ2v) is 4.71. The molecule has 0 N–H and O–H groups in total. The summed E-state index contributed by atoms with van der Waals surface area (Å²) in [5, 5.41) is 0. The van der Waals surface area contributed by atoms with E-state index in [2.05, 4.69) is 4.74 Å². The lowest BCUT2D eigenvalue weighted by Crippen LogP contribution is -2.19. The molecule has 0 bridgehead atoms. The number of methoxy groups -OCH3 is 1. The van der Waals surface area contributed by atoms with E-state index in [9.17, 15) is 14.4 Å². The van der Waals surface area contributed by atoms with Gasteiger partial charge in [-0.05, 0) is 42.9 Å². The van der Waals surface area contributed by atoms with Crippen LogP contribution in [0.2, 0.25) is 0 Å². The van der Waals surface area contributed by atoms with Gasteiger partial charge in [-0.1, -0.05) is 12.1 Å². The SMILES string of the molecule is COC(=O)C(=O)CC(=O)c1ccc2c(c1)CCCC2. The Morgan fingerprint density at radius 3 is 2.47 bits per heavy atom. The van der Waals surface area contributed by atoms with Crippen molar-refractivity contribution in [2.75, 3.05) is 7.11 Å². The van der Waals surface area contributed by atoms with E-state index in [4.69, 9.17) is 0 Å². The Hall–Kier alpha value is -1.97. The van der Waals surface area contributed by atoms with Crippen LogP contribution in [0.15, 0.2) is 18.2 Å². The second kappa shape index (κ2) is 5.78. The smallest absolute Gasteiger partial charge is 0.374 e. The van der Waals surface area contributed by atoms with E-state index in [0.717, 1.165) is 26.4 Å². The van der Waals surface area contributed by atoms with E-state index in [1.807, 2.05) is 12.1 Å². The van der Waals surface area contributed by atoms with Crippen LogP contribution in [0.4, 0.5) is 0 Å². The second-order valence-electron chi connectivity index (χ2n) is 4.71. The fourth-order valence-electron chi connectivity index (χ4n) is 2.34. The molecule has 0 fully saturated rings. The monoisotopic (exact) mass is 260 g/mol. The molecular weight excluding hydrogens is 244 g/mol. The van der Waals surface area contributed by atoms with E-state index < -0.39 is 18.2 Å². The largest absolute Gasteiger partial charge is 0.463 e. The van der Waals surface area contributed by atoms with Gasteiger partial charge in [0.15, 0.2) is 5.78 Å². The lowest BCUT2D eigenvalue weighted by molar-refractivity contribution is -0.151. The van der Waals surface area contributed by atoms with Crippen molar-refractivity contribution >= 4 is 17.5 Å². The number of ether oxygens (including phenoxy) is 1. The van der Waals surface area contributed by atoms with Gasteiger partial charge in [-0.2, -0.15) is 0 Å². The summed E-state index contributed by atoms with van der Waals surface area (Å²) in [4.78, 5) is 34.3. The van der Waals surface area contributed by atoms with Crippen LogP contribution in [0.1, 0.15) is 40.7 Å². The molecule has 0 amide bonds. The number of rotatable bonds is 4. The van der Waals surface area contributed by atoms with Crippen molar-refractivity contribution in [2.24, 2.45) is 0 Å². The number of aryl methyl sites for hydroxylation is 2. The average molecular weight is 260 g/mol. The van der Waals surface area contributed by atoms with Crippen LogP contribution in [0.3, 0.4) is 0 Å². The molecule has 0 saturated heterocycles. The standard InChI is InChI=1S/C15H16O4/c1-19-15(18)14(17)9-13(16)12-7-6-10-4-2-3-5-11(10)8-12/h6-8H,2-5,9H2,1H3. The fraction of sp³-hybridized carbons (Fsp3) is 0.400. The number of fused-ring (bicyclic) bond motifs is 1. The first-order valence-corrected chi connectivity index (χ1v) is 6.38. The Morgan fingerprint density at radius 1 is 1.11 bits per heavy atom. The minimum atomic E-state index is -0.966. The number of hydrogen-bond acceptors (Lipinski definition) is 4. The third-order valence-corrected chi connectivity index (χ3v) is 3.40. The van der Waals surface area contributed by atoms with Gasteiger partial charge in [-0.15, -0.1) is 0 Å². The Kier molecular flexibility index (Phi) is 4.10. The minimum absolute atomic E-state index is 0.330. The van der Waals surface area contributed by atoms with Crippen molar-refractivity contribution in [2.45, 2.75) is 32.1 Å². The molecule has 0 unspecified atom stereocenters. The lowest BCUT2D eigenvalue weighted by atomic mass is 9.89. The van der Waals surface area contributed by atoms with Gasteiger partial charge in [0.25, 0.3) is 0 Å². The molecule has 1 aromatic carbocycles. The van der Waals surface area contributed by atoms with Crippen LogP contribution in [0.25, 0.3) is 0 Å². The zero-order valence-corrected chi connectivity index (χ0v) is 10.9. The molecule has 19 heavy (non-hydrogen) atoms. The molecule has 1 aliphatic rings. The molecule has 4 heteroatoms. The normalized spacial score (nSPS) is 13.5. The molecule has 4 nitrogen and oxygen atoms in total. The summed E-state index contributed by atoms with van der Waals surface area (Å²) >= 11 is 0. The Morgan fingerprint density at radius 2 is 1.79 bits per heavy atom. The van der Waals surface area contributed by atoms with Crippen molar-refractivity contribution in [3.8, 4) is 0 Å². The van der Waals surface area contributed by atoms with Crippen LogP contribution in [-0.2, 0) is 27.2 Å². The van der Waals surface area contributed by atoms with Crippen LogP contribution in [0.5, 0.6) is 0 Å². The van der Waals surface area contributed by atoms with Crippen LogP contribution >= 0.6 is 0 Å². The van der Waals surface area contributed by atoms with Crippen molar-refractivity contribution in [3.63, 3.8) is 0 Å². The van der Waals surface area contributed by atoms with Crippen LogP contribution < -0.4 is 0 Å². The van der Waals surface area contributed by atoms with Gasteiger partial charge in [-0.25, -0.2) is 4.79 Å². The van der Waals surface area contributed by atoms with E-state index in [1.54, 1.807) is 6.07 Å². The maximum atomic E-state index is 11.9. The predicted octanol–water partition coefficient (Wildman–Crippen LogP) is 1.88. The summed E-state index contributed by atoms with van der Waals surface area (Å²) in [5.41, 5.74) is 2.96. The van der Waals surface area contributed by atoms with Gasteiger partial charge in [0.1, 0.15) is 0 Å². The molecule has 0 saturated carbocycles. The number of ketones is 2. The summed E-state index contributed by atoms with van der Waals surface area (Å²) in [6, 6.07) is 5.53. The molecule has 2 rings (SSSR count). The summed E-state index contributed by atoms with van der Waals surface area (Å²) < 4.78 is 4.30.